The van der Waals surface area contributed by atoms with E-state index in [1.54, 1.807) is 4.80 Å². The fourth-order valence-electron chi connectivity index (χ4n) is 3.93. The molecule has 0 unspecified atom stereocenters. The van der Waals surface area contributed by atoms with Crippen LogP contribution in [-0.2, 0) is 13.1 Å². The minimum atomic E-state index is 0.640. The molecule has 0 saturated heterocycles. The van der Waals surface area contributed by atoms with Gasteiger partial charge >= 0.3 is 0 Å². The van der Waals surface area contributed by atoms with Crippen LogP contribution in [0.25, 0.3) is 22.8 Å². The first-order valence-electron chi connectivity index (χ1n) is 12.6. The summed E-state index contributed by atoms with van der Waals surface area (Å²) >= 11 is 6.98. The third kappa shape index (κ3) is 9.17. The largest absolute Gasteiger partial charge is 0.225 e. The first-order valence-corrected chi connectivity index (χ1v) is 14.8. The topological polar surface area (TPSA) is 87.2 Å². The fourth-order valence-corrected chi connectivity index (χ4v) is 4.72. The number of nitrogens with zero attached hydrogens (tertiary/aromatic N) is 8. The molecular formula is C24H36Br2N8. The monoisotopic (exact) mass is 594 g/mol. The molecule has 0 fully saturated rings. The molecule has 0 spiro atoms. The van der Waals surface area contributed by atoms with E-state index in [0.29, 0.717) is 5.82 Å². The minimum Gasteiger partial charge on any atom is -0.225 e. The quantitative estimate of drug-likeness (QED) is 0.124. The van der Waals surface area contributed by atoms with Crippen LogP contribution in [0.1, 0.15) is 77.0 Å². The molecule has 0 aliphatic carbocycles. The van der Waals surface area contributed by atoms with Crippen molar-refractivity contribution in [1.82, 2.24) is 40.4 Å². The molecule has 0 N–H and O–H groups in total. The van der Waals surface area contributed by atoms with Gasteiger partial charge < -0.3 is 0 Å². The molecule has 0 amide bonds. The van der Waals surface area contributed by atoms with Crippen LogP contribution in [0.3, 0.4) is 0 Å². The van der Waals surface area contributed by atoms with E-state index in [2.05, 4.69) is 62.8 Å². The lowest BCUT2D eigenvalue weighted by molar-refractivity contribution is 0.475. The van der Waals surface area contributed by atoms with Crippen LogP contribution in [0.15, 0.2) is 24.3 Å². The van der Waals surface area contributed by atoms with E-state index >= 15 is 0 Å². The Morgan fingerprint density at radius 1 is 0.647 bits per heavy atom. The summed E-state index contributed by atoms with van der Waals surface area (Å²) in [6.45, 7) is 1.63. The Hall–Kier alpha value is -1.68. The zero-order valence-corrected chi connectivity index (χ0v) is 23.1. The molecule has 1 aromatic carbocycles. The first kappa shape index (κ1) is 26.9. The van der Waals surface area contributed by atoms with Gasteiger partial charge in [-0.3, -0.25) is 0 Å². The summed E-state index contributed by atoms with van der Waals surface area (Å²) < 4.78 is 1.90. The van der Waals surface area contributed by atoms with Crippen molar-refractivity contribution >= 4 is 31.9 Å². The van der Waals surface area contributed by atoms with Crippen LogP contribution in [0.2, 0.25) is 0 Å². The summed E-state index contributed by atoms with van der Waals surface area (Å²) in [5, 5.41) is 27.7. The van der Waals surface area contributed by atoms with Crippen LogP contribution in [-0.4, -0.2) is 51.1 Å². The lowest BCUT2D eigenvalue weighted by Gasteiger charge is -2.06. The molecule has 3 rings (SSSR count). The zero-order chi connectivity index (χ0) is 23.8. The van der Waals surface area contributed by atoms with Crippen molar-refractivity contribution in [2.75, 3.05) is 10.7 Å². The molecule has 10 heteroatoms. The summed E-state index contributed by atoms with van der Waals surface area (Å²) in [5.41, 5.74) is 1.90. The highest BCUT2D eigenvalue weighted by atomic mass is 79.9. The Labute approximate surface area is 219 Å². The lowest BCUT2D eigenvalue weighted by Crippen LogP contribution is -2.03. The highest BCUT2D eigenvalue weighted by molar-refractivity contribution is 9.09. The maximum Gasteiger partial charge on any atom is 0.204 e. The normalized spacial score (nSPS) is 11.4. The molecule has 0 aliphatic rings. The number of aryl methyl sites for hydroxylation is 2. The van der Waals surface area contributed by atoms with E-state index in [1.807, 2.05) is 28.9 Å². The van der Waals surface area contributed by atoms with Gasteiger partial charge in [-0.1, -0.05) is 101 Å². The number of hydrogen-bond acceptors (Lipinski definition) is 6. The number of aromatic nitrogens is 8. The van der Waals surface area contributed by atoms with Gasteiger partial charge in [0, 0.05) is 28.3 Å². The highest BCUT2D eigenvalue weighted by Gasteiger charge is 2.12. The zero-order valence-electron chi connectivity index (χ0n) is 20.0. The van der Waals surface area contributed by atoms with Crippen molar-refractivity contribution in [2.45, 2.75) is 90.1 Å². The average molecular weight is 596 g/mol. The average Bonchev–Trinajstić information content (AvgIpc) is 3.53. The summed E-state index contributed by atoms with van der Waals surface area (Å²) in [6.07, 6.45) is 14.8. The van der Waals surface area contributed by atoms with Gasteiger partial charge in [0.1, 0.15) is 0 Å². The molecule has 186 valence electrons. The number of tetrazole rings is 2. The van der Waals surface area contributed by atoms with E-state index in [0.717, 1.165) is 53.5 Å². The molecule has 0 bridgehead atoms. The Kier molecular flexibility index (Phi) is 12.7. The summed E-state index contributed by atoms with van der Waals surface area (Å²) in [6, 6.07) is 8.09. The maximum absolute atomic E-state index is 4.59. The van der Waals surface area contributed by atoms with Crippen LogP contribution in [0.4, 0.5) is 0 Å². The first-order chi connectivity index (χ1) is 16.8. The van der Waals surface area contributed by atoms with Gasteiger partial charge in [-0.2, -0.15) is 4.80 Å². The van der Waals surface area contributed by atoms with Crippen molar-refractivity contribution in [1.29, 1.82) is 0 Å². The van der Waals surface area contributed by atoms with Crippen molar-refractivity contribution in [2.24, 2.45) is 0 Å². The number of benzene rings is 1. The molecule has 2 aromatic heterocycles. The lowest BCUT2D eigenvalue weighted by atomic mass is 10.1. The van der Waals surface area contributed by atoms with Gasteiger partial charge in [0.2, 0.25) is 5.82 Å². The Balaban J connectivity index is 1.49. The van der Waals surface area contributed by atoms with Crippen molar-refractivity contribution in [3.05, 3.63) is 24.3 Å². The number of alkyl halides is 2. The number of halogens is 2. The van der Waals surface area contributed by atoms with Gasteiger partial charge in [-0.05, 0) is 47.4 Å². The third-order valence-electron chi connectivity index (χ3n) is 5.86. The van der Waals surface area contributed by atoms with Crippen molar-refractivity contribution in [3.8, 4) is 22.8 Å². The highest BCUT2D eigenvalue weighted by Crippen LogP contribution is 2.23. The molecule has 0 atom stereocenters. The predicted molar refractivity (Wildman–Crippen MR) is 143 cm³/mol. The Morgan fingerprint density at radius 2 is 1.26 bits per heavy atom. The van der Waals surface area contributed by atoms with Crippen molar-refractivity contribution < 1.29 is 0 Å². The molecule has 3 aromatic rings. The second kappa shape index (κ2) is 16.1. The summed E-state index contributed by atoms with van der Waals surface area (Å²) in [4.78, 5) is 1.71. The predicted octanol–water partition coefficient (Wildman–Crippen LogP) is 6.46. The molecule has 0 aliphatic heterocycles. The van der Waals surface area contributed by atoms with E-state index in [1.165, 1.54) is 64.2 Å². The SMILES string of the molecule is BrCCCCCCCCn1nnc(-c2cccc(-c3nnnn3CCCCCCCCBr)c2)n1. The fraction of sp³-hybridized carbons (Fsp3) is 0.667. The molecule has 34 heavy (non-hydrogen) atoms. The number of rotatable bonds is 18. The standard InChI is InChI=1S/C24H36Br2N8/c25-16-9-5-1-3-7-11-18-33-24(28-30-32-33)22-15-13-14-21(20-22)23-27-31-34(29-23)19-12-8-4-2-6-10-17-26/h13-15,20H,1-12,16-19H2. The maximum atomic E-state index is 4.59. The molecule has 2 heterocycles. The summed E-state index contributed by atoms with van der Waals surface area (Å²) in [5.74, 6) is 1.43. The van der Waals surface area contributed by atoms with E-state index in [4.69, 9.17) is 0 Å². The Bertz CT molecular complexity index is 942. The molecule has 8 nitrogen and oxygen atoms in total. The second-order valence-corrected chi connectivity index (χ2v) is 10.2. The van der Waals surface area contributed by atoms with Gasteiger partial charge in [0.25, 0.3) is 0 Å². The second-order valence-electron chi connectivity index (χ2n) is 8.64. The third-order valence-corrected chi connectivity index (χ3v) is 6.98. The molecule has 0 saturated carbocycles. The molecular weight excluding hydrogens is 560 g/mol. The van der Waals surface area contributed by atoms with Crippen LogP contribution in [0.5, 0.6) is 0 Å². The number of unbranched alkanes of at least 4 members (excludes halogenated alkanes) is 10. The van der Waals surface area contributed by atoms with E-state index < -0.39 is 0 Å². The van der Waals surface area contributed by atoms with E-state index in [9.17, 15) is 0 Å². The van der Waals surface area contributed by atoms with Crippen molar-refractivity contribution in [3.63, 3.8) is 0 Å². The number of hydrogen-bond donors (Lipinski definition) is 0. The van der Waals surface area contributed by atoms with Crippen LogP contribution < -0.4 is 0 Å². The van der Waals surface area contributed by atoms with Gasteiger partial charge in [-0.25, -0.2) is 4.68 Å². The van der Waals surface area contributed by atoms with Gasteiger partial charge in [0.15, 0.2) is 5.82 Å². The van der Waals surface area contributed by atoms with Crippen LogP contribution in [0, 0.1) is 0 Å². The summed E-state index contributed by atoms with van der Waals surface area (Å²) in [7, 11) is 0. The smallest absolute Gasteiger partial charge is 0.204 e. The minimum absolute atomic E-state index is 0.640. The Morgan fingerprint density at radius 3 is 1.97 bits per heavy atom. The van der Waals surface area contributed by atoms with Gasteiger partial charge in [-0.15, -0.1) is 15.3 Å². The van der Waals surface area contributed by atoms with Crippen LogP contribution >= 0.6 is 31.9 Å². The van der Waals surface area contributed by atoms with Gasteiger partial charge in [0.05, 0.1) is 6.54 Å². The van der Waals surface area contributed by atoms with E-state index in [-0.39, 0.29) is 0 Å². The molecule has 0 radical (unpaired) electrons.